The lowest BCUT2D eigenvalue weighted by atomic mass is 10.1. The van der Waals surface area contributed by atoms with Crippen LogP contribution >= 0.6 is 31.9 Å². The average molecular weight is 373 g/mol. The van der Waals surface area contributed by atoms with Gasteiger partial charge in [-0.25, -0.2) is 4.79 Å². The molecule has 0 bridgehead atoms. The Kier molecular flexibility index (Phi) is 4.02. The maximum atomic E-state index is 11.8. The lowest BCUT2D eigenvalue weighted by Crippen LogP contribution is -2.06. The number of esters is 1. The molecule has 18 heavy (non-hydrogen) atoms. The number of hydrogen-bond donors (Lipinski definition) is 0. The van der Waals surface area contributed by atoms with E-state index in [1.807, 2.05) is 19.1 Å². The van der Waals surface area contributed by atoms with E-state index in [0.717, 1.165) is 25.4 Å². The lowest BCUT2D eigenvalue weighted by Gasteiger charge is -2.08. The van der Waals surface area contributed by atoms with Crippen LogP contribution < -0.4 is 0 Å². The standard InChI is InChI=1S/C13H11Br2NO2/c1-3-18-13(17)9-6-16-12-8(11(9)15)4-7(2)5-10(12)14/h4-6H,3H2,1-2H3. The molecule has 94 valence electrons. The Labute approximate surface area is 122 Å². The van der Waals surface area contributed by atoms with Crippen molar-refractivity contribution in [2.24, 2.45) is 0 Å². The molecule has 1 aromatic heterocycles. The van der Waals surface area contributed by atoms with Gasteiger partial charge in [0.25, 0.3) is 0 Å². The van der Waals surface area contributed by atoms with Gasteiger partial charge in [-0.05, 0) is 63.4 Å². The molecule has 5 heteroatoms. The summed E-state index contributed by atoms with van der Waals surface area (Å²) in [5.41, 5.74) is 2.36. The van der Waals surface area contributed by atoms with Gasteiger partial charge in [0.05, 0.1) is 17.7 Å². The first-order valence-corrected chi connectivity index (χ1v) is 7.04. The fourth-order valence-corrected chi connectivity index (χ4v) is 2.96. The fourth-order valence-electron chi connectivity index (χ4n) is 1.72. The molecule has 0 spiro atoms. The number of ether oxygens (including phenoxy) is 1. The van der Waals surface area contributed by atoms with Crippen molar-refractivity contribution < 1.29 is 9.53 Å². The highest BCUT2D eigenvalue weighted by atomic mass is 79.9. The minimum Gasteiger partial charge on any atom is -0.462 e. The summed E-state index contributed by atoms with van der Waals surface area (Å²) >= 11 is 6.93. The minimum absolute atomic E-state index is 0.348. The molecule has 0 radical (unpaired) electrons. The second-order valence-corrected chi connectivity index (χ2v) is 5.50. The smallest absolute Gasteiger partial charge is 0.340 e. The van der Waals surface area contributed by atoms with Gasteiger partial charge in [0.15, 0.2) is 0 Å². The molecule has 2 rings (SSSR count). The van der Waals surface area contributed by atoms with Crippen molar-refractivity contribution in [3.63, 3.8) is 0 Å². The predicted molar refractivity (Wildman–Crippen MR) is 77.8 cm³/mol. The molecule has 0 N–H and O–H groups in total. The Bertz CT molecular complexity index is 626. The van der Waals surface area contributed by atoms with Crippen molar-refractivity contribution in [3.05, 3.63) is 38.4 Å². The van der Waals surface area contributed by atoms with Crippen LogP contribution in [-0.4, -0.2) is 17.6 Å². The largest absolute Gasteiger partial charge is 0.462 e. The van der Waals surface area contributed by atoms with Crippen molar-refractivity contribution in [2.45, 2.75) is 13.8 Å². The summed E-state index contributed by atoms with van der Waals surface area (Å²) in [4.78, 5) is 16.1. The summed E-state index contributed by atoms with van der Waals surface area (Å²) in [5.74, 6) is -0.364. The van der Waals surface area contributed by atoms with Crippen LogP contribution in [0.5, 0.6) is 0 Å². The first kappa shape index (κ1) is 13.5. The molecule has 0 aliphatic heterocycles. The highest BCUT2D eigenvalue weighted by molar-refractivity contribution is 9.11. The summed E-state index contributed by atoms with van der Waals surface area (Å²) in [6.07, 6.45) is 1.53. The van der Waals surface area contributed by atoms with Crippen LogP contribution in [0, 0.1) is 6.92 Å². The van der Waals surface area contributed by atoms with Gasteiger partial charge >= 0.3 is 5.97 Å². The molecule has 0 fully saturated rings. The second kappa shape index (κ2) is 5.36. The lowest BCUT2D eigenvalue weighted by molar-refractivity contribution is 0.0525. The van der Waals surface area contributed by atoms with Gasteiger partial charge < -0.3 is 4.74 Å². The quantitative estimate of drug-likeness (QED) is 0.740. The Morgan fingerprint density at radius 1 is 1.39 bits per heavy atom. The van der Waals surface area contributed by atoms with E-state index in [9.17, 15) is 4.79 Å². The van der Waals surface area contributed by atoms with Crippen LogP contribution in [-0.2, 0) is 4.74 Å². The van der Waals surface area contributed by atoms with Gasteiger partial charge in [-0.15, -0.1) is 0 Å². The van der Waals surface area contributed by atoms with Crippen LogP contribution in [0.25, 0.3) is 10.9 Å². The SMILES string of the molecule is CCOC(=O)c1cnc2c(Br)cc(C)cc2c1Br. The number of hydrogen-bond acceptors (Lipinski definition) is 3. The molecular weight excluding hydrogens is 362 g/mol. The van der Waals surface area contributed by atoms with Crippen molar-refractivity contribution in [2.75, 3.05) is 6.61 Å². The zero-order chi connectivity index (χ0) is 13.3. The van der Waals surface area contributed by atoms with Crippen LogP contribution in [0.3, 0.4) is 0 Å². The van der Waals surface area contributed by atoms with Gasteiger partial charge in [0.2, 0.25) is 0 Å². The Morgan fingerprint density at radius 2 is 2.11 bits per heavy atom. The number of benzene rings is 1. The third-order valence-corrected chi connectivity index (χ3v) is 3.96. The Morgan fingerprint density at radius 3 is 2.78 bits per heavy atom. The van der Waals surface area contributed by atoms with E-state index < -0.39 is 0 Å². The van der Waals surface area contributed by atoms with Crippen LogP contribution in [0.1, 0.15) is 22.8 Å². The molecule has 0 aliphatic rings. The molecule has 0 amide bonds. The predicted octanol–water partition coefficient (Wildman–Crippen LogP) is 4.24. The summed E-state index contributed by atoms with van der Waals surface area (Å²) in [5, 5.41) is 0.896. The third-order valence-electron chi connectivity index (χ3n) is 2.50. The van der Waals surface area contributed by atoms with Crippen LogP contribution in [0.15, 0.2) is 27.3 Å². The van der Waals surface area contributed by atoms with Gasteiger partial charge in [0, 0.05) is 20.5 Å². The first-order chi connectivity index (χ1) is 8.54. The summed E-state index contributed by atoms with van der Waals surface area (Å²) < 4.78 is 6.63. The maximum Gasteiger partial charge on any atom is 0.340 e. The fraction of sp³-hybridized carbons (Fsp3) is 0.231. The monoisotopic (exact) mass is 371 g/mol. The van der Waals surface area contributed by atoms with Crippen molar-refractivity contribution in [3.8, 4) is 0 Å². The molecule has 0 atom stereocenters. The number of pyridine rings is 1. The highest BCUT2D eigenvalue weighted by Gasteiger charge is 2.15. The minimum atomic E-state index is -0.364. The number of nitrogens with zero attached hydrogens (tertiary/aromatic N) is 1. The van der Waals surface area contributed by atoms with E-state index in [-0.39, 0.29) is 5.97 Å². The zero-order valence-electron chi connectivity index (χ0n) is 9.96. The van der Waals surface area contributed by atoms with Crippen molar-refractivity contribution >= 4 is 48.7 Å². The number of rotatable bonds is 2. The zero-order valence-corrected chi connectivity index (χ0v) is 13.1. The van der Waals surface area contributed by atoms with Gasteiger partial charge in [-0.1, -0.05) is 0 Å². The molecule has 1 heterocycles. The molecular formula is C13H11Br2NO2. The van der Waals surface area contributed by atoms with E-state index in [2.05, 4.69) is 36.8 Å². The van der Waals surface area contributed by atoms with Gasteiger partial charge in [-0.2, -0.15) is 0 Å². The maximum absolute atomic E-state index is 11.8. The topological polar surface area (TPSA) is 39.2 Å². The molecule has 1 aromatic carbocycles. The average Bonchev–Trinajstić information content (AvgIpc) is 2.30. The number of aryl methyl sites for hydroxylation is 1. The van der Waals surface area contributed by atoms with Crippen molar-refractivity contribution in [1.29, 1.82) is 0 Å². The highest BCUT2D eigenvalue weighted by Crippen LogP contribution is 2.31. The summed E-state index contributed by atoms with van der Waals surface area (Å²) in [6.45, 7) is 4.12. The number of halogens is 2. The molecule has 0 aliphatic carbocycles. The Balaban J connectivity index is 2.67. The third kappa shape index (κ3) is 2.42. The summed E-state index contributed by atoms with van der Waals surface area (Å²) in [6, 6.07) is 3.98. The Hall–Kier alpha value is -0.940. The van der Waals surface area contributed by atoms with Crippen LogP contribution in [0.2, 0.25) is 0 Å². The van der Waals surface area contributed by atoms with Gasteiger partial charge in [0.1, 0.15) is 0 Å². The number of aromatic nitrogens is 1. The van der Waals surface area contributed by atoms with E-state index >= 15 is 0 Å². The molecule has 0 unspecified atom stereocenters. The molecule has 2 aromatic rings. The van der Waals surface area contributed by atoms with E-state index in [1.54, 1.807) is 6.92 Å². The van der Waals surface area contributed by atoms with Crippen molar-refractivity contribution in [1.82, 2.24) is 4.98 Å². The number of carbonyl (C=O) groups is 1. The number of carbonyl (C=O) groups excluding carboxylic acids is 1. The van der Waals surface area contributed by atoms with Gasteiger partial charge in [-0.3, -0.25) is 4.98 Å². The number of fused-ring (bicyclic) bond motifs is 1. The van der Waals surface area contributed by atoms with E-state index in [0.29, 0.717) is 12.2 Å². The van der Waals surface area contributed by atoms with E-state index in [1.165, 1.54) is 6.20 Å². The second-order valence-electron chi connectivity index (χ2n) is 3.85. The summed E-state index contributed by atoms with van der Waals surface area (Å²) in [7, 11) is 0. The van der Waals surface area contributed by atoms with Crippen LogP contribution in [0.4, 0.5) is 0 Å². The van der Waals surface area contributed by atoms with E-state index in [4.69, 9.17) is 4.74 Å². The first-order valence-electron chi connectivity index (χ1n) is 5.46. The molecule has 3 nitrogen and oxygen atoms in total. The normalized spacial score (nSPS) is 10.7. The molecule has 0 saturated carbocycles. The molecule has 0 saturated heterocycles.